The SMILES string of the molecule is COc1cccc(C(NN)c2cn(C)cn2)c1F. The van der Waals surface area contributed by atoms with Crippen LogP contribution in [0.1, 0.15) is 17.3 Å². The monoisotopic (exact) mass is 250 g/mol. The van der Waals surface area contributed by atoms with Gasteiger partial charge in [0.25, 0.3) is 0 Å². The lowest BCUT2D eigenvalue weighted by Crippen LogP contribution is -2.29. The van der Waals surface area contributed by atoms with Crippen LogP contribution in [0.25, 0.3) is 0 Å². The van der Waals surface area contributed by atoms with Crippen LogP contribution in [-0.2, 0) is 7.05 Å². The first-order valence-electron chi connectivity index (χ1n) is 5.43. The summed E-state index contributed by atoms with van der Waals surface area (Å²) in [6.45, 7) is 0. The van der Waals surface area contributed by atoms with Crippen LogP contribution >= 0.6 is 0 Å². The van der Waals surface area contributed by atoms with Crippen molar-refractivity contribution in [2.45, 2.75) is 6.04 Å². The first kappa shape index (κ1) is 12.5. The van der Waals surface area contributed by atoms with Crippen molar-refractivity contribution in [2.24, 2.45) is 12.9 Å². The molecule has 0 amide bonds. The Morgan fingerprint density at radius 2 is 2.28 bits per heavy atom. The van der Waals surface area contributed by atoms with E-state index in [9.17, 15) is 4.39 Å². The molecule has 0 saturated carbocycles. The number of hydrogen-bond donors (Lipinski definition) is 2. The van der Waals surface area contributed by atoms with Gasteiger partial charge in [-0.3, -0.25) is 5.84 Å². The second-order valence-corrected chi connectivity index (χ2v) is 3.93. The molecule has 0 spiro atoms. The quantitative estimate of drug-likeness (QED) is 0.630. The summed E-state index contributed by atoms with van der Waals surface area (Å²) >= 11 is 0. The Balaban J connectivity index is 2.45. The summed E-state index contributed by atoms with van der Waals surface area (Å²) in [5.74, 6) is 5.25. The Bertz CT molecular complexity index is 541. The zero-order chi connectivity index (χ0) is 13.1. The molecule has 2 rings (SSSR count). The van der Waals surface area contributed by atoms with Gasteiger partial charge in [0.1, 0.15) is 0 Å². The van der Waals surface area contributed by atoms with Gasteiger partial charge in [-0.2, -0.15) is 0 Å². The smallest absolute Gasteiger partial charge is 0.170 e. The topological polar surface area (TPSA) is 65.1 Å². The normalized spacial score (nSPS) is 12.4. The molecular weight excluding hydrogens is 235 g/mol. The molecule has 0 saturated heterocycles. The van der Waals surface area contributed by atoms with E-state index in [0.717, 1.165) is 0 Å². The van der Waals surface area contributed by atoms with Crippen LogP contribution in [0.5, 0.6) is 5.75 Å². The van der Waals surface area contributed by atoms with Gasteiger partial charge in [0.2, 0.25) is 0 Å². The molecule has 0 bridgehead atoms. The predicted molar refractivity (Wildman–Crippen MR) is 65.3 cm³/mol. The maximum absolute atomic E-state index is 14.1. The van der Waals surface area contributed by atoms with E-state index in [1.807, 2.05) is 7.05 Å². The Morgan fingerprint density at radius 3 is 2.83 bits per heavy atom. The number of aromatic nitrogens is 2. The molecule has 2 aromatic rings. The maximum atomic E-state index is 14.1. The molecule has 0 aliphatic carbocycles. The average molecular weight is 250 g/mol. The molecule has 6 heteroatoms. The van der Waals surface area contributed by atoms with Gasteiger partial charge in [-0.25, -0.2) is 14.8 Å². The number of hydrogen-bond acceptors (Lipinski definition) is 4. The maximum Gasteiger partial charge on any atom is 0.170 e. The summed E-state index contributed by atoms with van der Waals surface area (Å²) in [7, 11) is 3.26. The molecule has 0 radical (unpaired) electrons. The molecule has 1 atom stereocenters. The lowest BCUT2D eigenvalue weighted by atomic mass is 10.0. The molecule has 1 aromatic carbocycles. The summed E-state index contributed by atoms with van der Waals surface area (Å²) in [5.41, 5.74) is 3.61. The van der Waals surface area contributed by atoms with Gasteiger partial charge in [-0.05, 0) is 6.07 Å². The number of nitrogens with one attached hydrogen (secondary N) is 1. The number of methoxy groups -OCH3 is 1. The molecule has 0 fully saturated rings. The highest BCUT2D eigenvalue weighted by Crippen LogP contribution is 2.27. The van der Waals surface area contributed by atoms with Gasteiger partial charge in [0.05, 0.1) is 25.2 Å². The zero-order valence-electron chi connectivity index (χ0n) is 10.2. The van der Waals surface area contributed by atoms with Crippen LogP contribution in [0.2, 0.25) is 0 Å². The van der Waals surface area contributed by atoms with Crippen LogP contribution in [0.4, 0.5) is 4.39 Å². The highest BCUT2D eigenvalue weighted by Gasteiger charge is 2.20. The van der Waals surface area contributed by atoms with E-state index in [-0.39, 0.29) is 5.75 Å². The van der Waals surface area contributed by atoms with Crippen LogP contribution < -0.4 is 16.0 Å². The number of imidazole rings is 1. The first-order valence-corrected chi connectivity index (χ1v) is 5.43. The molecule has 1 aromatic heterocycles. The Morgan fingerprint density at radius 1 is 1.50 bits per heavy atom. The largest absolute Gasteiger partial charge is 0.494 e. The Hall–Kier alpha value is -1.92. The number of ether oxygens (including phenoxy) is 1. The van der Waals surface area contributed by atoms with E-state index >= 15 is 0 Å². The van der Waals surface area contributed by atoms with Crippen LogP contribution in [-0.4, -0.2) is 16.7 Å². The highest BCUT2D eigenvalue weighted by atomic mass is 19.1. The van der Waals surface area contributed by atoms with E-state index in [1.165, 1.54) is 7.11 Å². The molecule has 0 aliphatic rings. The zero-order valence-corrected chi connectivity index (χ0v) is 10.2. The van der Waals surface area contributed by atoms with Crippen molar-refractivity contribution in [2.75, 3.05) is 7.11 Å². The van der Waals surface area contributed by atoms with Gasteiger partial charge in [-0.15, -0.1) is 0 Å². The molecule has 3 N–H and O–H groups in total. The Kier molecular flexibility index (Phi) is 3.59. The van der Waals surface area contributed by atoms with Crippen LogP contribution in [0, 0.1) is 5.82 Å². The van der Waals surface area contributed by atoms with Crippen molar-refractivity contribution in [3.63, 3.8) is 0 Å². The van der Waals surface area contributed by atoms with Gasteiger partial charge in [-0.1, -0.05) is 12.1 Å². The van der Waals surface area contributed by atoms with Crippen molar-refractivity contribution in [3.05, 3.63) is 47.8 Å². The number of aryl methyl sites for hydroxylation is 1. The fourth-order valence-electron chi connectivity index (χ4n) is 1.82. The minimum atomic E-state index is -0.513. The number of nitrogens with two attached hydrogens (primary N) is 1. The molecule has 1 heterocycles. The van der Waals surface area contributed by atoms with Crippen LogP contribution in [0.3, 0.4) is 0 Å². The molecule has 5 nitrogen and oxygen atoms in total. The summed E-state index contributed by atoms with van der Waals surface area (Å²) in [5, 5.41) is 0. The Labute approximate surface area is 104 Å². The van der Waals surface area contributed by atoms with Gasteiger partial charge >= 0.3 is 0 Å². The van der Waals surface area contributed by atoms with Crippen molar-refractivity contribution in [3.8, 4) is 5.75 Å². The van der Waals surface area contributed by atoms with Gasteiger partial charge in [0, 0.05) is 18.8 Å². The van der Waals surface area contributed by atoms with E-state index in [4.69, 9.17) is 10.6 Å². The summed E-state index contributed by atoms with van der Waals surface area (Å²) < 4.78 is 20.9. The lowest BCUT2D eigenvalue weighted by Gasteiger charge is -2.16. The van der Waals surface area contributed by atoms with Crippen molar-refractivity contribution < 1.29 is 9.13 Å². The number of benzene rings is 1. The molecular formula is C12H15FN4O. The molecule has 96 valence electrons. The third-order valence-electron chi connectivity index (χ3n) is 2.71. The average Bonchev–Trinajstić information content (AvgIpc) is 2.79. The highest BCUT2D eigenvalue weighted by molar-refractivity contribution is 5.36. The minimum absolute atomic E-state index is 0.184. The minimum Gasteiger partial charge on any atom is -0.494 e. The summed E-state index contributed by atoms with van der Waals surface area (Å²) in [4.78, 5) is 4.17. The second kappa shape index (κ2) is 5.16. The summed E-state index contributed by atoms with van der Waals surface area (Å²) in [6, 6.07) is 4.41. The number of halogens is 1. The fraction of sp³-hybridized carbons (Fsp3) is 0.250. The van der Waals surface area contributed by atoms with E-state index in [0.29, 0.717) is 11.3 Å². The van der Waals surface area contributed by atoms with Crippen molar-refractivity contribution >= 4 is 0 Å². The van der Waals surface area contributed by atoms with Gasteiger partial charge < -0.3 is 9.30 Å². The molecule has 18 heavy (non-hydrogen) atoms. The van der Waals surface area contributed by atoms with Crippen LogP contribution in [0.15, 0.2) is 30.7 Å². The first-order chi connectivity index (χ1) is 8.67. The van der Waals surface area contributed by atoms with Gasteiger partial charge in [0.15, 0.2) is 11.6 Å². The van der Waals surface area contributed by atoms with E-state index in [1.54, 1.807) is 35.3 Å². The number of rotatable bonds is 4. The van der Waals surface area contributed by atoms with E-state index < -0.39 is 11.9 Å². The lowest BCUT2D eigenvalue weighted by molar-refractivity contribution is 0.381. The second-order valence-electron chi connectivity index (χ2n) is 3.93. The third kappa shape index (κ3) is 2.20. The fourth-order valence-corrected chi connectivity index (χ4v) is 1.82. The molecule has 0 aliphatic heterocycles. The predicted octanol–water partition coefficient (Wildman–Crippen LogP) is 1.12. The summed E-state index contributed by atoms with van der Waals surface area (Å²) in [6.07, 6.45) is 3.42. The number of nitrogens with zero attached hydrogens (tertiary/aromatic N) is 2. The number of hydrazine groups is 1. The van der Waals surface area contributed by atoms with Crippen molar-refractivity contribution in [1.29, 1.82) is 0 Å². The van der Waals surface area contributed by atoms with E-state index in [2.05, 4.69) is 10.4 Å². The third-order valence-corrected chi connectivity index (χ3v) is 2.71. The van der Waals surface area contributed by atoms with Crippen molar-refractivity contribution in [1.82, 2.24) is 15.0 Å². The standard InChI is InChI=1S/C12H15FN4O/c1-17-6-9(15-7-17)12(16-14)8-4-3-5-10(18-2)11(8)13/h3-7,12,16H,14H2,1-2H3. The molecule has 1 unspecified atom stereocenters.